The van der Waals surface area contributed by atoms with Crippen molar-refractivity contribution in [2.45, 2.75) is 26.4 Å². The van der Waals surface area contributed by atoms with Crippen LogP contribution >= 0.6 is 0 Å². The monoisotopic (exact) mass is 252 g/mol. The number of methoxy groups -OCH3 is 1. The van der Waals surface area contributed by atoms with E-state index in [-0.39, 0.29) is 5.82 Å². The van der Waals surface area contributed by atoms with Crippen LogP contribution in [0, 0.1) is 0 Å². The summed E-state index contributed by atoms with van der Waals surface area (Å²) < 4.78 is 10.1. The van der Waals surface area contributed by atoms with Crippen LogP contribution in [0.15, 0.2) is 12.3 Å². The van der Waals surface area contributed by atoms with Crippen LogP contribution in [-0.4, -0.2) is 30.1 Å². The van der Waals surface area contributed by atoms with Crippen molar-refractivity contribution < 1.29 is 19.1 Å². The van der Waals surface area contributed by atoms with E-state index in [9.17, 15) is 9.59 Å². The number of aldehydes is 1. The Bertz CT molecular complexity index is 452. The quantitative estimate of drug-likeness (QED) is 0.835. The average Bonchev–Trinajstić information content (AvgIpc) is 2.27. The van der Waals surface area contributed by atoms with Crippen molar-refractivity contribution in [3.63, 3.8) is 0 Å². The number of rotatable bonds is 3. The summed E-state index contributed by atoms with van der Waals surface area (Å²) in [6.07, 6.45) is 1.35. The van der Waals surface area contributed by atoms with Crippen molar-refractivity contribution in [3.8, 4) is 5.75 Å². The van der Waals surface area contributed by atoms with Gasteiger partial charge in [-0.3, -0.25) is 10.1 Å². The van der Waals surface area contributed by atoms with Gasteiger partial charge >= 0.3 is 6.09 Å². The summed E-state index contributed by atoms with van der Waals surface area (Å²) >= 11 is 0. The lowest BCUT2D eigenvalue weighted by Gasteiger charge is -2.19. The highest BCUT2D eigenvalue weighted by atomic mass is 16.6. The van der Waals surface area contributed by atoms with Gasteiger partial charge in [-0.05, 0) is 26.8 Å². The molecule has 1 N–H and O–H groups in total. The molecule has 0 aliphatic heterocycles. The molecular formula is C12H16N2O4. The predicted molar refractivity (Wildman–Crippen MR) is 66.0 cm³/mol. The molecule has 6 heteroatoms. The first-order chi connectivity index (χ1) is 8.35. The standard InChI is InChI=1S/C12H16N2O4/c1-12(2,3)18-11(16)14-10-9(17-4)5-8(7-15)6-13-10/h5-7H,1-4H3,(H,13,14,16). The second-order valence-corrected chi connectivity index (χ2v) is 4.56. The van der Waals surface area contributed by atoms with Crippen molar-refractivity contribution in [2.75, 3.05) is 12.4 Å². The Hall–Kier alpha value is -2.11. The number of amides is 1. The van der Waals surface area contributed by atoms with Crippen molar-refractivity contribution >= 4 is 18.2 Å². The maximum Gasteiger partial charge on any atom is 0.413 e. The van der Waals surface area contributed by atoms with Gasteiger partial charge in [-0.1, -0.05) is 0 Å². The fourth-order valence-electron chi connectivity index (χ4n) is 1.17. The number of ether oxygens (including phenoxy) is 2. The molecule has 0 aliphatic rings. The summed E-state index contributed by atoms with van der Waals surface area (Å²) in [7, 11) is 1.42. The molecule has 1 heterocycles. The van der Waals surface area contributed by atoms with Crippen LogP contribution in [0.2, 0.25) is 0 Å². The molecule has 1 rings (SSSR count). The molecule has 0 atom stereocenters. The molecule has 1 aromatic heterocycles. The zero-order valence-electron chi connectivity index (χ0n) is 10.8. The van der Waals surface area contributed by atoms with Gasteiger partial charge < -0.3 is 9.47 Å². The lowest BCUT2D eigenvalue weighted by molar-refractivity contribution is 0.0634. The first kappa shape index (κ1) is 14.0. The summed E-state index contributed by atoms with van der Waals surface area (Å²) in [6, 6.07) is 1.48. The molecule has 0 unspecified atom stereocenters. The van der Waals surface area contributed by atoms with Gasteiger partial charge in [0, 0.05) is 11.8 Å². The van der Waals surface area contributed by atoms with Gasteiger partial charge in [0.1, 0.15) is 5.60 Å². The molecule has 1 amide bonds. The highest BCUT2D eigenvalue weighted by molar-refractivity contribution is 5.86. The number of hydrogen-bond acceptors (Lipinski definition) is 5. The SMILES string of the molecule is COc1cc(C=O)cnc1NC(=O)OC(C)(C)C. The van der Waals surface area contributed by atoms with Gasteiger partial charge in [0.25, 0.3) is 0 Å². The Balaban J connectivity index is 2.84. The second kappa shape index (κ2) is 5.48. The number of carbonyl (C=O) groups excluding carboxylic acids is 2. The normalized spacial score (nSPS) is 10.7. The highest BCUT2D eigenvalue weighted by Gasteiger charge is 2.18. The van der Waals surface area contributed by atoms with E-state index >= 15 is 0 Å². The zero-order valence-corrected chi connectivity index (χ0v) is 10.8. The van der Waals surface area contributed by atoms with E-state index in [2.05, 4.69) is 10.3 Å². The third kappa shape index (κ3) is 4.04. The van der Waals surface area contributed by atoms with E-state index in [4.69, 9.17) is 9.47 Å². The number of pyridine rings is 1. The minimum absolute atomic E-state index is 0.206. The Labute approximate surface area is 105 Å². The molecule has 1 aromatic rings. The molecular weight excluding hydrogens is 236 g/mol. The van der Waals surface area contributed by atoms with Crippen LogP contribution < -0.4 is 10.1 Å². The summed E-state index contributed by atoms with van der Waals surface area (Å²) in [4.78, 5) is 26.1. The number of nitrogens with one attached hydrogen (secondary N) is 1. The molecule has 6 nitrogen and oxygen atoms in total. The van der Waals surface area contributed by atoms with Crippen LogP contribution in [0.4, 0.5) is 10.6 Å². The first-order valence-electron chi connectivity index (χ1n) is 5.35. The Morgan fingerprint density at radius 2 is 2.11 bits per heavy atom. The third-order valence-electron chi connectivity index (χ3n) is 1.85. The molecule has 0 aromatic carbocycles. The van der Waals surface area contributed by atoms with E-state index in [1.54, 1.807) is 20.8 Å². The average molecular weight is 252 g/mol. The summed E-state index contributed by atoms with van der Waals surface area (Å²) in [5.74, 6) is 0.503. The molecule has 0 saturated heterocycles. The van der Waals surface area contributed by atoms with Gasteiger partial charge in [-0.25, -0.2) is 9.78 Å². The van der Waals surface area contributed by atoms with Gasteiger partial charge in [0.2, 0.25) is 0 Å². The Morgan fingerprint density at radius 3 is 2.61 bits per heavy atom. The molecule has 0 bridgehead atoms. The maximum absolute atomic E-state index is 11.6. The zero-order chi connectivity index (χ0) is 13.8. The molecule has 0 radical (unpaired) electrons. The number of aromatic nitrogens is 1. The maximum atomic E-state index is 11.6. The van der Waals surface area contributed by atoms with E-state index < -0.39 is 11.7 Å². The number of hydrogen-bond donors (Lipinski definition) is 1. The van der Waals surface area contributed by atoms with Crippen molar-refractivity contribution in [2.24, 2.45) is 0 Å². The van der Waals surface area contributed by atoms with Gasteiger partial charge in [-0.2, -0.15) is 0 Å². The fourth-order valence-corrected chi connectivity index (χ4v) is 1.17. The van der Waals surface area contributed by atoms with E-state index in [0.29, 0.717) is 17.6 Å². The molecule has 98 valence electrons. The fraction of sp³-hybridized carbons (Fsp3) is 0.417. The number of nitrogens with zero attached hydrogens (tertiary/aromatic N) is 1. The molecule has 0 spiro atoms. The first-order valence-corrected chi connectivity index (χ1v) is 5.35. The summed E-state index contributed by atoms with van der Waals surface area (Å²) in [5.41, 5.74) is -0.235. The highest BCUT2D eigenvalue weighted by Crippen LogP contribution is 2.22. The van der Waals surface area contributed by atoms with Gasteiger partial charge in [0.15, 0.2) is 17.9 Å². The third-order valence-corrected chi connectivity index (χ3v) is 1.85. The lowest BCUT2D eigenvalue weighted by atomic mass is 10.2. The van der Waals surface area contributed by atoms with Crippen molar-refractivity contribution in [3.05, 3.63) is 17.8 Å². The van der Waals surface area contributed by atoms with Crippen LogP contribution in [0.3, 0.4) is 0 Å². The van der Waals surface area contributed by atoms with Crippen LogP contribution in [0.25, 0.3) is 0 Å². The van der Waals surface area contributed by atoms with Crippen LogP contribution in [-0.2, 0) is 4.74 Å². The van der Waals surface area contributed by atoms with Crippen molar-refractivity contribution in [1.29, 1.82) is 0 Å². The predicted octanol–water partition coefficient (Wildman–Crippen LogP) is 2.25. The Morgan fingerprint density at radius 1 is 1.44 bits per heavy atom. The topological polar surface area (TPSA) is 77.5 Å². The van der Waals surface area contributed by atoms with E-state index in [1.807, 2.05) is 0 Å². The Kier molecular flexibility index (Phi) is 4.25. The molecule has 18 heavy (non-hydrogen) atoms. The van der Waals surface area contributed by atoms with Gasteiger partial charge in [-0.15, -0.1) is 0 Å². The lowest BCUT2D eigenvalue weighted by Crippen LogP contribution is -2.27. The molecule has 0 aliphatic carbocycles. The van der Waals surface area contributed by atoms with Crippen LogP contribution in [0.5, 0.6) is 5.75 Å². The summed E-state index contributed by atoms with van der Waals surface area (Å²) in [6.45, 7) is 5.27. The second-order valence-electron chi connectivity index (χ2n) is 4.56. The summed E-state index contributed by atoms with van der Waals surface area (Å²) in [5, 5.41) is 2.46. The van der Waals surface area contributed by atoms with Gasteiger partial charge in [0.05, 0.1) is 7.11 Å². The van der Waals surface area contributed by atoms with Crippen molar-refractivity contribution in [1.82, 2.24) is 4.98 Å². The molecule has 0 fully saturated rings. The van der Waals surface area contributed by atoms with E-state index in [1.165, 1.54) is 19.4 Å². The largest absolute Gasteiger partial charge is 0.493 e. The van der Waals surface area contributed by atoms with E-state index in [0.717, 1.165) is 0 Å². The van der Waals surface area contributed by atoms with Crippen LogP contribution in [0.1, 0.15) is 31.1 Å². The number of carbonyl (C=O) groups is 2. The number of anilines is 1. The molecule has 0 saturated carbocycles. The minimum atomic E-state index is -0.632. The smallest absolute Gasteiger partial charge is 0.413 e. The minimum Gasteiger partial charge on any atom is -0.493 e.